The van der Waals surface area contributed by atoms with Crippen LogP contribution >= 0.6 is 19.2 Å². The van der Waals surface area contributed by atoms with Crippen molar-refractivity contribution in [2.24, 2.45) is 0 Å². The number of hydrogen-bond donors (Lipinski definition) is 1. The lowest BCUT2D eigenvalue weighted by atomic mass is 10.2. The van der Waals surface area contributed by atoms with E-state index in [1.807, 2.05) is 54.6 Å². The molecule has 1 unspecified atom stereocenters. The fourth-order valence-electron chi connectivity index (χ4n) is 3.14. The smallest absolute Gasteiger partial charge is 0.307 e. The molecule has 0 aliphatic rings. The van der Waals surface area contributed by atoms with Gasteiger partial charge in [0.15, 0.2) is 0 Å². The summed E-state index contributed by atoms with van der Waals surface area (Å²) in [6, 6.07) is 17.5. The van der Waals surface area contributed by atoms with Crippen LogP contribution < -0.4 is 5.32 Å². The van der Waals surface area contributed by atoms with Crippen molar-refractivity contribution in [3.05, 3.63) is 70.7 Å². The minimum absolute atomic E-state index is 0.427. The minimum atomic E-state index is -3.44. The number of unbranched alkanes of at least 4 members (excludes halogenated alkanes) is 4. The highest BCUT2D eigenvalue weighted by Crippen LogP contribution is 2.60. The number of rotatable bonds is 15. The van der Waals surface area contributed by atoms with E-state index in [0.717, 1.165) is 49.7 Å². The zero-order valence-corrected chi connectivity index (χ0v) is 19.8. The average Bonchev–Trinajstić information content (AvgIpc) is 2.76. The maximum Gasteiger partial charge on any atom is 0.351 e. The van der Waals surface area contributed by atoms with E-state index in [1.165, 1.54) is 0 Å². The van der Waals surface area contributed by atoms with Crippen LogP contribution in [0, 0.1) is 0 Å². The monoisotopic (exact) mass is 451 g/mol. The average molecular weight is 452 g/mol. The first-order chi connectivity index (χ1) is 14.6. The van der Waals surface area contributed by atoms with Crippen molar-refractivity contribution in [1.82, 2.24) is 5.32 Å². The molecule has 0 radical (unpaired) electrons. The summed E-state index contributed by atoms with van der Waals surface area (Å²) < 4.78 is 26.0. The standard InChI is InChI=1S/C24H35ClNO3P/c1-3-5-10-18-28-30(27,29-19-11-6-4-2)24(22-14-16-23(25)17-15-22)26-20-21-12-8-7-9-13-21/h7-9,12-17,24,26H,3-6,10-11,18-20H2,1-2H3. The molecule has 1 N–H and O–H groups in total. The van der Waals surface area contributed by atoms with E-state index in [0.29, 0.717) is 24.8 Å². The summed E-state index contributed by atoms with van der Waals surface area (Å²) in [5.74, 6) is -0.557. The Morgan fingerprint density at radius 1 is 0.867 bits per heavy atom. The van der Waals surface area contributed by atoms with Crippen molar-refractivity contribution >= 4 is 19.2 Å². The topological polar surface area (TPSA) is 47.6 Å². The van der Waals surface area contributed by atoms with Gasteiger partial charge < -0.3 is 9.05 Å². The van der Waals surface area contributed by atoms with E-state index in [2.05, 4.69) is 19.2 Å². The van der Waals surface area contributed by atoms with Gasteiger partial charge in [-0.2, -0.15) is 0 Å². The third-order valence-electron chi connectivity index (χ3n) is 4.88. The summed E-state index contributed by atoms with van der Waals surface area (Å²) in [6.45, 7) is 5.69. The third-order valence-corrected chi connectivity index (χ3v) is 7.33. The highest BCUT2D eigenvalue weighted by atomic mass is 35.5. The molecular formula is C24H35ClNO3P. The molecule has 0 aliphatic carbocycles. The molecule has 0 bridgehead atoms. The van der Waals surface area contributed by atoms with Crippen molar-refractivity contribution in [3.8, 4) is 0 Å². The molecule has 1 atom stereocenters. The zero-order valence-electron chi connectivity index (χ0n) is 18.2. The van der Waals surface area contributed by atoms with Gasteiger partial charge in [-0.3, -0.25) is 9.88 Å². The quantitative estimate of drug-likeness (QED) is 0.222. The molecule has 0 fully saturated rings. The second-order valence-corrected chi connectivity index (χ2v) is 9.99. The molecule has 0 aromatic heterocycles. The molecule has 0 heterocycles. The molecule has 2 rings (SSSR count). The second kappa shape index (κ2) is 14.0. The molecule has 6 heteroatoms. The van der Waals surface area contributed by atoms with Crippen LogP contribution in [0.5, 0.6) is 0 Å². The van der Waals surface area contributed by atoms with Gasteiger partial charge in [0.25, 0.3) is 0 Å². The Morgan fingerprint density at radius 3 is 1.97 bits per heavy atom. The van der Waals surface area contributed by atoms with Crippen LogP contribution in [0.15, 0.2) is 54.6 Å². The highest BCUT2D eigenvalue weighted by molar-refractivity contribution is 7.54. The SMILES string of the molecule is CCCCCOP(=O)(OCCCCC)C(NCc1ccccc1)c1ccc(Cl)cc1. The molecule has 0 spiro atoms. The van der Waals surface area contributed by atoms with Crippen molar-refractivity contribution in [2.75, 3.05) is 13.2 Å². The predicted octanol–water partition coefficient (Wildman–Crippen LogP) is 7.74. The number of halogens is 1. The molecule has 2 aromatic carbocycles. The summed E-state index contributed by atoms with van der Waals surface area (Å²) in [4.78, 5) is 0. The van der Waals surface area contributed by atoms with Crippen molar-refractivity contribution in [3.63, 3.8) is 0 Å². The largest absolute Gasteiger partial charge is 0.351 e. The Balaban J connectivity index is 2.23. The van der Waals surface area contributed by atoms with Gasteiger partial charge in [-0.15, -0.1) is 0 Å². The predicted molar refractivity (Wildman–Crippen MR) is 126 cm³/mol. The highest BCUT2D eigenvalue weighted by Gasteiger charge is 2.37. The summed E-state index contributed by atoms with van der Waals surface area (Å²) in [6.07, 6.45) is 5.98. The minimum Gasteiger partial charge on any atom is -0.307 e. The zero-order chi connectivity index (χ0) is 21.7. The van der Waals surface area contributed by atoms with Crippen LogP contribution in [0.3, 0.4) is 0 Å². The number of benzene rings is 2. The number of hydrogen-bond acceptors (Lipinski definition) is 4. The van der Waals surface area contributed by atoms with Gasteiger partial charge in [0.1, 0.15) is 5.78 Å². The Bertz CT molecular complexity index is 739. The Morgan fingerprint density at radius 2 is 1.43 bits per heavy atom. The lowest BCUT2D eigenvalue weighted by molar-refractivity contribution is 0.187. The summed E-state index contributed by atoms with van der Waals surface area (Å²) in [5, 5.41) is 4.08. The Hall–Kier alpha value is -1.16. The van der Waals surface area contributed by atoms with Gasteiger partial charge in [0.05, 0.1) is 13.2 Å². The van der Waals surface area contributed by atoms with Crippen LogP contribution in [0.4, 0.5) is 0 Å². The van der Waals surface area contributed by atoms with Gasteiger partial charge in [0.2, 0.25) is 0 Å². The molecule has 0 saturated carbocycles. The van der Waals surface area contributed by atoms with E-state index >= 15 is 0 Å². The molecule has 30 heavy (non-hydrogen) atoms. The molecule has 0 amide bonds. The maximum absolute atomic E-state index is 14.0. The fraction of sp³-hybridized carbons (Fsp3) is 0.500. The molecular weight excluding hydrogens is 417 g/mol. The maximum atomic E-state index is 14.0. The van der Waals surface area contributed by atoms with Crippen molar-refractivity contribution in [1.29, 1.82) is 0 Å². The molecule has 0 aliphatic heterocycles. The van der Waals surface area contributed by atoms with Crippen LogP contribution in [0.1, 0.15) is 69.3 Å². The molecule has 0 saturated heterocycles. The van der Waals surface area contributed by atoms with Gasteiger partial charge >= 0.3 is 7.60 Å². The van der Waals surface area contributed by atoms with Gasteiger partial charge in [0, 0.05) is 11.6 Å². The van der Waals surface area contributed by atoms with Crippen LogP contribution in [-0.4, -0.2) is 13.2 Å². The summed E-state index contributed by atoms with van der Waals surface area (Å²) in [7, 11) is -3.44. The normalized spacial score (nSPS) is 12.8. The lowest BCUT2D eigenvalue weighted by Gasteiger charge is -2.28. The van der Waals surface area contributed by atoms with Crippen molar-refractivity contribution < 1.29 is 13.6 Å². The number of nitrogens with one attached hydrogen (secondary N) is 1. The Kier molecular flexibility index (Phi) is 11.7. The summed E-state index contributed by atoms with van der Waals surface area (Å²) >= 11 is 6.09. The third kappa shape index (κ3) is 8.53. The first kappa shape index (κ1) is 25.1. The Labute approximate surface area is 186 Å². The van der Waals surface area contributed by atoms with E-state index in [1.54, 1.807) is 0 Å². The van der Waals surface area contributed by atoms with Crippen LogP contribution in [0.2, 0.25) is 5.02 Å². The fourth-order valence-corrected chi connectivity index (χ4v) is 5.26. The van der Waals surface area contributed by atoms with Gasteiger partial charge in [-0.05, 0) is 36.1 Å². The van der Waals surface area contributed by atoms with E-state index in [9.17, 15) is 4.57 Å². The van der Waals surface area contributed by atoms with Crippen molar-refractivity contribution in [2.45, 2.75) is 64.7 Å². The summed E-state index contributed by atoms with van der Waals surface area (Å²) in [5.41, 5.74) is 1.96. The first-order valence-electron chi connectivity index (χ1n) is 11.0. The van der Waals surface area contributed by atoms with Gasteiger partial charge in [-0.1, -0.05) is 93.6 Å². The van der Waals surface area contributed by atoms with E-state index < -0.39 is 13.4 Å². The molecule has 2 aromatic rings. The van der Waals surface area contributed by atoms with Crippen LogP contribution in [0.25, 0.3) is 0 Å². The first-order valence-corrected chi connectivity index (χ1v) is 13.0. The molecule has 166 valence electrons. The van der Waals surface area contributed by atoms with E-state index in [4.69, 9.17) is 20.6 Å². The van der Waals surface area contributed by atoms with Crippen LogP contribution in [-0.2, 0) is 20.2 Å². The lowest BCUT2D eigenvalue weighted by Crippen LogP contribution is -2.23. The van der Waals surface area contributed by atoms with Gasteiger partial charge in [-0.25, -0.2) is 0 Å². The second-order valence-electron chi connectivity index (χ2n) is 7.44. The molecule has 4 nitrogen and oxygen atoms in total. The van der Waals surface area contributed by atoms with E-state index in [-0.39, 0.29) is 0 Å².